The number of amides is 1. The van der Waals surface area contributed by atoms with Gasteiger partial charge in [0.25, 0.3) is 5.69 Å². The summed E-state index contributed by atoms with van der Waals surface area (Å²) < 4.78 is 87.1. The van der Waals surface area contributed by atoms with Gasteiger partial charge in [0.1, 0.15) is 0 Å². The van der Waals surface area contributed by atoms with Crippen LogP contribution in [0.4, 0.5) is 42.1 Å². The van der Waals surface area contributed by atoms with E-state index < -0.39 is 40.2 Å². The van der Waals surface area contributed by atoms with Crippen LogP contribution in [0.1, 0.15) is 0 Å². The van der Waals surface area contributed by atoms with Gasteiger partial charge >= 0.3 is 23.9 Å². The molecule has 0 spiro atoms. The van der Waals surface area contributed by atoms with Gasteiger partial charge in [-0.3, -0.25) is 14.9 Å². The van der Waals surface area contributed by atoms with E-state index in [1.165, 1.54) is 0 Å². The predicted molar refractivity (Wildman–Crippen MR) is 65.4 cm³/mol. The number of nitrogens with one attached hydrogen (secondary N) is 1. The molecule has 1 N–H and O–H groups in total. The van der Waals surface area contributed by atoms with E-state index in [0.717, 1.165) is 17.4 Å². The quantitative estimate of drug-likeness (QED) is 0.459. The number of nitro benzene ring substituents is 1. The summed E-state index contributed by atoms with van der Waals surface area (Å²) in [6.07, 6.45) is -6.65. The Labute approximate surface area is 130 Å². The molecule has 0 aromatic heterocycles. The molecule has 0 bridgehead atoms. The summed E-state index contributed by atoms with van der Waals surface area (Å²) >= 11 is 2.63. The lowest BCUT2D eigenvalue weighted by atomic mass is 10.1. The van der Waals surface area contributed by atoms with Crippen LogP contribution in [0.5, 0.6) is 0 Å². The van der Waals surface area contributed by atoms with Gasteiger partial charge in [-0.1, -0.05) is 0 Å². The molecule has 128 valence electrons. The van der Waals surface area contributed by atoms with Crippen molar-refractivity contribution in [1.82, 2.24) is 0 Å². The first kappa shape index (κ1) is 19.1. The van der Waals surface area contributed by atoms with Crippen molar-refractivity contribution in [2.75, 3.05) is 5.32 Å². The maximum absolute atomic E-state index is 13.1. The minimum atomic E-state index is -6.65. The van der Waals surface area contributed by atoms with Crippen molar-refractivity contribution in [2.45, 2.75) is 18.0 Å². The minimum absolute atomic E-state index is 0.369. The summed E-state index contributed by atoms with van der Waals surface area (Å²) in [5.74, 6) is -15.6. The highest BCUT2D eigenvalue weighted by molar-refractivity contribution is 9.10. The first-order valence-corrected chi connectivity index (χ1v) is 6.09. The van der Waals surface area contributed by atoms with E-state index in [1.54, 1.807) is 0 Å². The van der Waals surface area contributed by atoms with Gasteiger partial charge < -0.3 is 5.32 Å². The Morgan fingerprint density at radius 2 is 1.65 bits per heavy atom. The Hall–Kier alpha value is -1.92. The van der Waals surface area contributed by atoms with Gasteiger partial charge in [0.05, 0.1) is 10.6 Å². The van der Waals surface area contributed by atoms with Gasteiger partial charge in [-0.15, -0.1) is 0 Å². The number of carbonyl (C=O) groups is 1. The van der Waals surface area contributed by atoms with E-state index in [9.17, 15) is 45.6 Å². The lowest BCUT2D eigenvalue weighted by molar-refractivity contribution is -0.384. The zero-order valence-corrected chi connectivity index (χ0v) is 12.0. The van der Waals surface area contributed by atoms with Gasteiger partial charge in [0.2, 0.25) is 0 Å². The highest BCUT2D eigenvalue weighted by atomic mass is 79.9. The second-order valence-electron chi connectivity index (χ2n) is 4.02. The standard InChI is InChI=1S/C10H4BrF7N2O3/c11-5-3-4(20(22)23)1-2-6(5)19-7(21)8(12,13)9(14,15)10(16,17)18/h1-3H,(H,19,21). The summed E-state index contributed by atoms with van der Waals surface area (Å²) in [4.78, 5) is 20.7. The lowest BCUT2D eigenvalue weighted by Gasteiger charge is -2.27. The molecule has 0 atom stereocenters. The predicted octanol–water partition coefficient (Wildman–Crippen LogP) is 4.13. The number of anilines is 1. The number of halogens is 8. The van der Waals surface area contributed by atoms with E-state index in [1.807, 2.05) is 0 Å². The normalized spacial score (nSPS) is 12.9. The lowest BCUT2D eigenvalue weighted by Crippen LogP contribution is -2.57. The molecule has 0 aliphatic rings. The van der Waals surface area contributed by atoms with Crippen molar-refractivity contribution in [3.05, 3.63) is 32.8 Å². The average Bonchev–Trinajstić information content (AvgIpc) is 2.39. The molecule has 1 amide bonds. The summed E-state index contributed by atoms with van der Waals surface area (Å²) in [6, 6.07) is 2.14. The van der Waals surface area contributed by atoms with Gasteiger partial charge in [0, 0.05) is 16.6 Å². The van der Waals surface area contributed by atoms with E-state index in [-0.39, 0.29) is 4.47 Å². The number of carbonyl (C=O) groups excluding carboxylic acids is 1. The molecule has 1 aromatic carbocycles. The summed E-state index contributed by atoms with van der Waals surface area (Å²) in [7, 11) is 0. The minimum Gasteiger partial charge on any atom is -0.320 e. The molecule has 5 nitrogen and oxygen atoms in total. The van der Waals surface area contributed by atoms with Crippen molar-refractivity contribution < 1.29 is 40.5 Å². The number of alkyl halides is 7. The third kappa shape index (κ3) is 3.54. The Morgan fingerprint density at radius 3 is 2.04 bits per heavy atom. The molecule has 0 aliphatic carbocycles. The molecule has 23 heavy (non-hydrogen) atoms. The number of nitro groups is 1. The van der Waals surface area contributed by atoms with Crippen molar-refractivity contribution in [3.63, 3.8) is 0 Å². The Kier molecular flexibility index (Phi) is 4.94. The second kappa shape index (κ2) is 5.94. The van der Waals surface area contributed by atoms with E-state index in [0.29, 0.717) is 6.07 Å². The number of hydrogen-bond donors (Lipinski definition) is 1. The number of non-ortho nitro benzene ring substituents is 1. The van der Waals surface area contributed by atoms with Crippen LogP contribution in [-0.2, 0) is 4.79 Å². The molecule has 0 fully saturated rings. The molecule has 0 saturated carbocycles. The molecule has 0 unspecified atom stereocenters. The van der Waals surface area contributed by atoms with E-state index in [2.05, 4.69) is 15.9 Å². The average molecular weight is 413 g/mol. The van der Waals surface area contributed by atoms with Crippen LogP contribution in [0.2, 0.25) is 0 Å². The highest BCUT2D eigenvalue weighted by Gasteiger charge is 2.76. The van der Waals surface area contributed by atoms with Crippen molar-refractivity contribution in [2.24, 2.45) is 0 Å². The maximum Gasteiger partial charge on any atom is 0.460 e. The van der Waals surface area contributed by atoms with Crippen LogP contribution in [0.3, 0.4) is 0 Å². The molecule has 0 saturated heterocycles. The Bertz CT molecular complexity index is 648. The van der Waals surface area contributed by atoms with Gasteiger partial charge in [0.15, 0.2) is 0 Å². The van der Waals surface area contributed by atoms with Crippen molar-refractivity contribution in [1.29, 1.82) is 0 Å². The third-order valence-corrected chi connectivity index (χ3v) is 3.10. The van der Waals surface area contributed by atoms with Crippen LogP contribution in [0, 0.1) is 10.1 Å². The molecule has 0 aliphatic heterocycles. The number of nitrogens with zero attached hydrogens (tertiary/aromatic N) is 1. The van der Waals surface area contributed by atoms with Gasteiger partial charge in [-0.25, -0.2) is 0 Å². The fraction of sp³-hybridized carbons (Fsp3) is 0.300. The molecule has 1 aromatic rings. The molecular formula is C10H4BrF7N2O3. The number of benzene rings is 1. The molecular weight excluding hydrogens is 409 g/mol. The van der Waals surface area contributed by atoms with E-state index >= 15 is 0 Å². The molecule has 0 radical (unpaired) electrons. The summed E-state index contributed by atoms with van der Waals surface area (Å²) in [6.45, 7) is 0. The largest absolute Gasteiger partial charge is 0.460 e. The fourth-order valence-electron chi connectivity index (χ4n) is 1.24. The van der Waals surface area contributed by atoms with Gasteiger partial charge in [-0.2, -0.15) is 30.7 Å². The zero-order chi connectivity index (χ0) is 18.2. The third-order valence-electron chi connectivity index (χ3n) is 2.45. The first-order valence-electron chi connectivity index (χ1n) is 5.29. The Morgan fingerprint density at radius 1 is 1.13 bits per heavy atom. The first-order chi connectivity index (χ1) is 10.2. The van der Waals surface area contributed by atoms with Crippen molar-refractivity contribution >= 4 is 33.2 Å². The monoisotopic (exact) mass is 412 g/mol. The molecule has 1 rings (SSSR count). The van der Waals surface area contributed by atoms with Crippen molar-refractivity contribution in [3.8, 4) is 0 Å². The van der Waals surface area contributed by atoms with Crippen LogP contribution < -0.4 is 5.32 Å². The summed E-state index contributed by atoms with van der Waals surface area (Å²) in [5.41, 5.74) is -1.19. The Balaban J connectivity index is 3.10. The summed E-state index contributed by atoms with van der Waals surface area (Å²) in [5, 5.41) is 11.6. The number of rotatable bonds is 4. The topological polar surface area (TPSA) is 72.2 Å². The van der Waals surface area contributed by atoms with E-state index in [4.69, 9.17) is 0 Å². The van der Waals surface area contributed by atoms with Crippen LogP contribution in [0.15, 0.2) is 22.7 Å². The molecule has 0 heterocycles. The molecule has 13 heteroatoms. The number of hydrogen-bond acceptors (Lipinski definition) is 3. The van der Waals surface area contributed by atoms with Crippen LogP contribution >= 0.6 is 15.9 Å². The SMILES string of the molecule is O=C(Nc1ccc([N+](=O)[O-])cc1Br)C(F)(F)C(F)(F)C(F)(F)F. The maximum atomic E-state index is 13.1. The highest BCUT2D eigenvalue weighted by Crippen LogP contribution is 2.47. The fourth-order valence-corrected chi connectivity index (χ4v) is 1.71. The van der Waals surface area contributed by atoms with Crippen LogP contribution in [0.25, 0.3) is 0 Å². The second-order valence-corrected chi connectivity index (χ2v) is 4.88. The smallest absolute Gasteiger partial charge is 0.320 e. The zero-order valence-electron chi connectivity index (χ0n) is 10.4. The van der Waals surface area contributed by atoms with Crippen LogP contribution in [-0.4, -0.2) is 28.9 Å². The van der Waals surface area contributed by atoms with Gasteiger partial charge in [-0.05, 0) is 22.0 Å².